The number of halogens is 1. The molecular weight excluding hydrogens is 344 g/mol. The van der Waals surface area contributed by atoms with Crippen molar-refractivity contribution in [3.63, 3.8) is 0 Å². The summed E-state index contributed by atoms with van der Waals surface area (Å²) < 4.78 is 5.28. The van der Waals surface area contributed by atoms with Crippen LogP contribution in [0.5, 0.6) is 5.75 Å². The molecule has 134 valence electrons. The lowest BCUT2D eigenvalue weighted by Crippen LogP contribution is -2.25. The van der Waals surface area contributed by atoms with Crippen LogP contribution < -0.4 is 15.8 Å². The standard InChI is InChI=1S/C22H23ClN2O/c1-15(17-5-3-7-19(23)13-17)25-22(18-6-4-8-20(24)14-18)16-9-11-21(26-2)12-10-16/h3-15,22,25H,24H2,1-2H3. The van der Waals surface area contributed by atoms with Gasteiger partial charge in [0, 0.05) is 16.8 Å². The van der Waals surface area contributed by atoms with Gasteiger partial charge in [-0.3, -0.25) is 5.32 Å². The Bertz CT molecular complexity index is 864. The molecule has 0 bridgehead atoms. The zero-order chi connectivity index (χ0) is 18.5. The fraction of sp³-hybridized carbons (Fsp3) is 0.182. The lowest BCUT2D eigenvalue weighted by Gasteiger charge is -2.25. The Balaban J connectivity index is 1.94. The topological polar surface area (TPSA) is 47.3 Å². The minimum Gasteiger partial charge on any atom is -0.497 e. The Morgan fingerprint density at radius 1 is 0.885 bits per heavy atom. The van der Waals surface area contributed by atoms with E-state index in [1.54, 1.807) is 7.11 Å². The first-order valence-corrected chi connectivity index (χ1v) is 8.95. The monoisotopic (exact) mass is 366 g/mol. The second kappa shape index (κ2) is 8.26. The molecule has 0 aromatic heterocycles. The second-order valence-corrected chi connectivity index (χ2v) is 6.76. The lowest BCUT2D eigenvalue weighted by molar-refractivity contribution is 0.414. The van der Waals surface area contributed by atoms with E-state index in [0.29, 0.717) is 0 Å². The molecule has 0 radical (unpaired) electrons. The van der Waals surface area contributed by atoms with Crippen LogP contribution in [-0.2, 0) is 0 Å². The van der Waals surface area contributed by atoms with Crippen molar-refractivity contribution in [2.75, 3.05) is 12.8 Å². The fourth-order valence-corrected chi connectivity index (χ4v) is 3.24. The van der Waals surface area contributed by atoms with Gasteiger partial charge in [-0.15, -0.1) is 0 Å². The van der Waals surface area contributed by atoms with E-state index < -0.39 is 0 Å². The van der Waals surface area contributed by atoms with Crippen LogP contribution in [0.1, 0.15) is 35.7 Å². The third-order valence-corrected chi connectivity index (χ3v) is 4.69. The summed E-state index contributed by atoms with van der Waals surface area (Å²) in [5.74, 6) is 0.836. The van der Waals surface area contributed by atoms with Gasteiger partial charge >= 0.3 is 0 Å². The van der Waals surface area contributed by atoms with Crippen LogP contribution in [0.4, 0.5) is 5.69 Å². The van der Waals surface area contributed by atoms with E-state index in [1.165, 1.54) is 0 Å². The van der Waals surface area contributed by atoms with Gasteiger partial charge in [-0.25, -0.2) is 0 Å². The molecule has 4 heteroatoms. The Labute approximate surface area is 159 Å². The molecule has 0 aliphatic carbocycles. The van der Waals surface area contributed by atoms with Gasteiger partial charge in [0.25, 0.3) is 0 Å². The number of benzene rings is 3. The largest absolute Gasteiger partial charge is 0.497 e. The highest BCUT2D eigenvalue weighted by Gasteiger charge is 2.18. The van der Waals surface area contributed by atoms with E-state index in [-0.39, 0.29) is 12.1 Å². The van der Waals surface area contributed by atoms with Crippen LogP contribution in [0.3, 0.4) is 0 Å². The summed E-state index contributed by atoms with van der Waals surface area (Å²) in [6.07, 6.45) is 0. The molecule has 0 saturated heterocycles. The highest BCUT2D eigenvalue weighted by atomic mass is 35.5. The van der Waals surface area contributed by atoms with Gasteiger partial charge in [0.05, 0.1) is 13.2 Å². The highest BCUT2D eigenvalue weighted by Crippen LogP contribution is 2.29. The van der Waals surface area contributed by atoms with Gasteiger partial charge in [0.1, 0.15) is 5.75 Å². The normalized spacial score (nSPS) is 13.2. The van der Waals surface area contributed by atoms with Crippen molar-refractivity contribution in [3.8, 4) is 5.75 Å². The van der Waals surface area contributed by atoms with Gasteiger partial charge in [-0.05, 0) is 60.0 Å². The van der Waals surface area contributed by atoms with Crippen molar-refractivity contribution in [1.29, 1.82) is 0 Å². The Morgan fingerprint density at radius 3 is 2.23 bits per heavy atom. The highest BCUT2D eigenvalue weighted by molar-refractivity contribution is 6.30. The Kier molecular flexibility index (Phi) is 5.82. The van der Waals surface area contributed by atoms with Crippen molar-refractivity contribution in [3.05, 3.63) is 94.5 Å². The molecule has 0 fully saturated rings. The van der Waals surface area contributed by atoms with Crippen molar-refractivity contribution in [2.24, 2.45) is 0 Å². The summed E-state index contributed by atoms with van der Waals surface area (Å²) in [7, 11) is 1.67. The molecule has 0 aliphatic heterocycles. The number of nitrogens with one attached hydrogen (secondary N) is 1. The first kappa shape index (κ1) is 18.3. The van der Waals surface area contributed by atoms with Crippen LogP contribution in [0.25, 0.3) is 0 Å². The minimum absolute atomic E-state index is 0.00149. The molecule has 3 nitrogen and oxygen atoms in total. The van der Waals surface area contributed by atoms with Crippen LogP contribution in [0.15, 0.2) is 72.8 Å². The summed E-state index contributed by atoms with van der Waals surface area (Å²) >= 11 is 6.16. The molecule has 3 aromatic rings. The average molecular weight is 367 g/mol. The van der Waals surface area contributed by atoms with E-state index in [4.69, 9.17) is 22.1 Å². The van der Waals surface area contributed by atoms with Gasteiger partial charge in [-0.1, -0.05) is 48.0 Å². The third kappa shape index (κ3) is 4.37. The maximum Gasteiger partial charge on any atom is 0.118 e. The number of anilines is 1. The third-order valence-electron chi connectivity index (χ3n) is 4.46. The average Bonchev–Trinajstić information content (AvgIpc) is 2.66. The molecule has 26 heavy (non-hydrogen) atoms. The van der Waals surface area contributed by atoms with Crippen LogP contribution in [-0.4, -0.2) is 7.11 Å². The van der Waals surface area contributed by atoms with Gasteiger partial charge in [0.15, 0.2) is 0 Å². The molecule has 3 aromatic carbocycles. The summed E-state index contributed by atoms with van der Waals surface area (Å²) in [6, 6.07) is 24.1. The molecule has 3 rings (SSSR count). The molecule has 3 N–H and O–H groups in total. The number of nitrogen functional groups attached to an aromatic ring is 1. The van der Waals surface area contributed by atoms with Gasteiger partial charge < -0.3 is 10.5 Å². The second-order valence-electron chi connectivity index (χ2n) is 6.32. The van der Waals surface area contributed by atoms with E-state index in [1.807, 2.05) is 48.5 Å². The minimum atomic E-state index is -0.00149. The maximum absolute atomic E-state index is 6.16. The summed E-state index contributed by atoms with van der Waals surface area (Å²) in [5, 5.41) is 4.44. The number of ether oxygens (including phenoxy) is 1. The summed E-state index contributed by atoms with van der Waals surface area (Å²) in [6.45, 7) is 2.13. The van der Waals surface area contributed by atoms with E-state index in [0.717, 1.165) is 33.1 Å². The summed E-state index contributed by atoms with van der Waals surface area (Å²) in [4.78, 5) is 0. The van der Waals surface area contributed by atoms with Crippen LogP contribution >= 0.6 is 11.6 Å². The predicted molar refractivity (Wildman–Crippen MR) is 109 cm³/mol. The van der Waals surface area contributed by atoms with E-state index in [2.05, 4.69) is 36.5 Å². The van der Waals surface area contributed by atoms with Crippen molar-refractivity contribution < 1.29 is 4.74 Å². The Morgan fingerprint density at radius 2 is 1.58 bits per heavy atom. The first-order valence-electron chi connectivity index (χ1n) is 8.57. The molecule has 0 heterocycles. The predicted octanol–water partition coefficient (Wildman–Crippen LogP) is 5.37. The van der Waals surface area contributed by atoms with Crippen LogP contribution in [0, 0.1) is 0 Å². The lowest BCUT2D eigenvalue weighted by atomic mass is 9.96. The maximum atomic E-state index is 6.16. The first-order chi connectivity index (χ1) is 12.6. The Hall–Kier alpha value is -2.49. The number of nitrogens with two attached hydrogens (primary N) is 1. The van der Waals surface area contributed by atoms with Crippen LogP contribution in [0.2, 0.25) is 5.02 Å². The van der Waals surface area contributed by atoms with Gasteiger partial charge in [0.2, 0.25) is 0 Å². The number of rotatable bonds is 6. The molecule has 2 unspecified atom stereocenters. The number of hydrogen-bond acceptors (Lipinski definition) is 3. The van der Waals surface area contributed by atoms with Crippen molar-refractivity contribution in [1.82, 2.24) is 5.32 Å². The number of hydrogen-bond donors (Lipinski definition) is 2. The molecule has 2 atom stereocenters. The quantitative estimate of drug-likeness (QED) is 0.576. The molecule has 0 spiro atoms. The zero-order valence-corrected chi connectivity index (χ0v) is 15.7. The smallest absolute Gasteiger partial charge is 0.118 e. The summed E-state index contributed by atoms with van der Waals surface area (Å²) in [5.41, 5.74) is 10.2. The van der Waals surface area contributed by atoms with Gasteiger partial charge in [-0.2, -0.15) is 0 Å². The zero-order valence-electron chi connectivity index (χ0n) is 14.9. The SMILES string of the molecule is COc1ccc(C(NC(C)c2cccc(Cl)c2)c2cccc(N)c2)cc1. The number of methoxy groups -OCH3 is 1. The molecule has 0 amide bonds. The molecule has 0 saturated carbocycles. The fourth-order valence-electron chi connectivity index (χ4n) is 3.04. The van der Waals surface area contributed by atoms with E-state index in [9.17, 15) is 0 Å². The molecule has 0 aliphatic rings. The molecular formula is C22H23ClN2O. The van der Waals surface area contributed by atoms with E-state index >= 15 is 0 Å². The van der Waals surface area contributed by atoms with Crippen molar-refractivity contribution >= 4 is 17.3 Å². The van der Waals surface area contributed by atoms with Crippen molar-refractivity contribution in [2.45, 2.75) is 19.0 Å².